The van der Waals surface area contributed by atoms with Crippen LogP contribution in [0.15, 0.2) is 77.7 Å². The summed E-state index contributed by atoms with van der Waals surface area (Å²) in [6, 6.07) is 17.6. The molecule has 42 heavy (non-hydrogen) atoms. The van der Waals surface area contributed by atoms with Gasteiger partial charge in [-0.15, -0.1) is 0 Å². The normalized spacial score (nSPS) is 18.6. The highest BCUT2D eigenvalue weighted by molar-refractivity contribution is 7.89. The van der Waals surface area contributed by atoms with E-state index >= 15 is 0 Å². The van der Waals surface area contributed by atoms with E-state index in [0.29, 0.717) is 11.6 Å². The number of nitrogens with one attached hydrogen (secondary N) is 3. The number of aryl methyl sites for hydroxylation is 1. The van der Waals surface area contributed by atoms with Crippen LogP contribution in [0, 0.1) is 5.92 Å². The van der Waals surface area contributed by atoms with Crippen LogP contribution >= 0.6 is 0 Å². The fourth-order valence-corrected chi connectivity index (χ4v) is 6.75. The molecule has 0 saturated heterocycles. The van der Waals surface area contributed by atoms with Crippen LogP contribution in [0.3, 0.4) is 0 Å². The fraction of sp³-hybridized carbons (Fsp3) is 0.406. The maximum atomic E-state index is 13.3. The van der Waals surface area contributed by atoms with Gasteiger partial charge in [-0.25, -0.2) is 13.1 Å². The second-order valence-electron chi connectivity index (χ2n) is 11.4. The largest absolute Gasteiger partial charge is 0.416 e. The molecule has 2 aliphatic rings. The van der Waals surface area contributed by atoms with Crippen LogP contribution in [-0.4, -0.2) is 20.9 Å². The van der Waals surface area contributed by atoms with Crippen LogP contribution in [0.2, 0.25) is 0 Å². The summed E-state index contributed by atoms with van der Waals surface area (Å²) in [5, 5.41) is 6.70. The van der Waals surface area contributed by atoms with E-state index in [1.165, 1.54) is 24.0 Å². The first-order valence-corrected chi connectivity index (χ1v) is 15.9. The van der Waals surface area contributed by atoms with Crippen molar-refractivity contribution in [2.75, 3.05) is 6.54 Å². The minimum Gasteiger partial charge on any atom is -0.349 e. The number of sulfonamides is 1. The number of hydrogen-bond donors (Lipinski definition) is 3. The lowest BCUT2D eigenvalue weighted by Gasteiger charge is -2.28. The summed E-state index contributed by atoms with van der Waals surface area (Å²) in [4.78, 5) is 12.8. The summed E-state index contributed by atoms with van der Waals surface area (Å²) < 4.78 is 68.6. The van der Waals surface area contributed by atoms with Crippen LogP contribution in [0.4, 0.5) is 13.2 Å². The SMILES string of the molecule is C[C@H](NCC1CC1)c1ccc2c(c1)CCC[C@H]2NC(=O)CC(NS(=O)(=O)c1cccc(C(F)(F)F)c1)c1ccccc1. The van der Waals surface area contributed by atoms with Gasteiger partial charge in [0.2, 0.25) is 15.9 Å². The molecule has 0 heterocycles. The van der Waals surface area contributed by atoms with Crippen molar-refractivity contribution in [1.29, 1.82) is 0 Å². The Morgan fingerprint density at radius 3 is 2.43 bits per heavy atom. The van der Waals surface area contributed by atoms with Crippen LogP contribution in [0.1, 0.15) is 85.0 Å². The molecule has 0 aromatic heterocycles. The van der Waals surface area contributed by atoms with Crippen LogP contribution < -0.4 is 15.4 Å². The number of halogens is 3. The third-order valence-electron chi connectivity index (χ3n) is 8.09. The van der Waals surface area contributed by atoms with Crippen molar-refractivity contribution in [2.24, 2.45) is 5.92 Å². The van der Waals surface area contributed by atoms with E-state index in [1.807, 2.05) is 0 Å². The lowest BCUT2D eigenvalue weighted by atomic mass is 9.85. The first-order valence-electron chi connectivity index (χ1n) is 14.4. The molecule has 3 aromatic carbocycles. The van der Waals surface area contributed by atoms with Gasteiger partial charge in [-0.05, 0) is 91.9 Å². The van der Waals surface area contributed by atoms with Crippen molar-refractivity contribution < 1.29 is 26.4 Å². The predicted molar refractivity (Wildman–Crippen MR) is 155 cm³/mol. The van der Waals surface area contributed by atoms with Crippen molar-refractivity contribution in [3.8, 4) is 0 Å². The van der Waals surface area contributed by atoms with Crippen molar-refractivity contribution in [1.82, 2.24) is 15.4 Å². The smallest absolute Gasteiger partial charge is 0.349 e. The fourth-order valence-electron chi connectivity index (χ4n) is 5.48. The van der Waals surface area contributed by atoms with Crippen molar-refractivity contribution >= 4 is 15.9 Å². The molecule has 3 N–H and O–H groups in total. The molecular weight excluding hydrogens is 563 g/mol. The Balaban J connectivity index is 1.30. The molecule has 1 fully saturated rings. The minimum atomic E-state index is -4.69. The van der Waals surface area contributed by atoms with Gasteiger partial charge < -0.3 is 10.6 Å². The van der Waals surface area contributed by atoms with E-state index in [1.54, 1.807) is 30.3 Å². The Morgan fingerprint density at radius 1 is 0.952 bits per heavy atom. The van der Waals surface area contributed by atoms with Crippen molar-refractivity contribution in [3.63, 3.8) is 0 Å². The third kappa shape index (κ3) is 7.59. The predicted octanol–water partition coefficient (Wildman–Crippen LogP) is 6.37. The molecule has 1 amide bonds. The van der Waals surface area contributed by atoms with E-state index in [4.69, 9.17) is 0 Å². The maximum Gasteiger partial charge on any atom is 0.416 e. The van der Waals surface area contributed by atoms with Gasteiger partial charge in [0.15, 0.2) is 0 Å². The number of amides is 1. The summed E-state index contributed by atoms with van der Waals surface area (Å²) in [7, 11) is -4.37. The van der Waals surface area contributed by atoms with Gasteiger partial charge in [-0.1, -0.05) is 54.6 Å². The monoisotopic (exact) mass is 599 g/mol. The molecule has 0 aliphatic heterocycles. The zero-order chi connectivity index (χ0) is 29.9. The number of benzene rings is 3. The summed E-state index contributed by atoms with van der Waals surface area (Å²) >= 11 is 0. The standard InChI is InChI=1S/C32H36F3N3O3S/c1-21(36-20-22-13-14-22)24-15-16-28-25(17-24)9-5-12-29(28)37-31(39)19-30(23-7-3-2-4-8-23)38-42(40,41)27-11-6-10-26(18-27)32(33,34)35/h2-4,6-8,10-11,15-18,21-22,29-30,36,38H,5,9,12-14,19-20H2,1H3,(H,37,39)/t21-,29+,30?/m0/s1. The Kier molecular flexibility index (Phi) is 9.05. The van der Waals surface area contributed by atoms with Crippen LogP contribution in [-0.2, 0) is 27.4 Å². The second-order valence-corrected chi connectivity index (χ2v) is 13.1. The van der Waals surface area contributed by atoms with Gasteiger partial charge in [0.1, 0.15) is 0 Å². The van der Waals surface area contributed by atoms with Gasteiger partial charge in [0.05, 0.1) is 22.5 Å². The van der Waals surface area contributed by atoms with E-state index < -0.39 is 32.7 Å². The molecule has 6 nitrogen and oxygen atoms in total. The molecule has 5 rings (SSSR count). The highest BCUT2D eigenvalue weighted by Crippen LogP contribution is 2.34. The number of alkyl halides is 3. The second kappa shape index (κ2) is 12.6. The minimum absolute atomic E-state index is 0.207. The number of carbonyl (C=O) groups excluding carboxylic acids is 1. The lowest BCUT2D eigenvalue weighted by molar-refractivity contribution is -0.137. The zero-order valence-electron chi connectivity index (χ0n) is 23.5. The molecule has 3 aromatic rings. The average Bonchev–Trinajstić information content (AvgIpc) is 3.80. The zero-order valence-corrected chi connectivity index (χ0v) is 24.3. The van der Waals surface area contributed by atoms with Crippen LogP contribution in [0.25, 0.3) is 0 Å². The average molecular weight is 600 g/mol. The molecular formula is C32H36F3N3O3S. The third-order valence-corrected chi connectivity index (χ3v) is 9.56. The van der Waals surface area contributed by atoms with E-state index in [-0.39, 0.29) is 24.4 Å². The molecule has 0 radical (unpaired) electrons. The number of rotatable bonds is 11. The highest BCUT2D eigenvalue weighted by atomic mass is 32.2. The summed E-state index contributed by atoms with van der Waals surface area (Å²) in [6.07, 6.45) is 0.288. The van der Waals surface area contributed by atoms with E-state index in [2.05, 4.69) is 40.5 Å². The Morgan fingerprint density at radius 2 is 1.71 bits per heavy atom. The van der Waals surface area contributed by atoms with Crippen molar-refractivity contribution in [3.05, 3.63) is 101 Å². The molecule has 0 bridgehead atoms. The number of fused-ring (bicyclic) bond motifs is 1. The first kappa shape index (κ1) is 30.3. The number of carbonyl (C=O) groups is 1. The van der Waals surface area contributed by atoms with Gasteiger partial charge in [0.25, 0.3) is 0 Å². The summed E-state index contributed by atoms with van der Waals surface area (Å²) in [6.45, 7) is 3.19. The van der Waals surface area contributed by atoms with E-state index in [9.17, 15) is 26.4 Å². The molecule has 3 atom stereocenters. The molecule has 1 saturated carbocycles. The van der Waals surface area contributed by atoms with Gasteiger partial charge in [-0.3, -0.25) is 4.79 Å². The molecule has 224 valence electrons. The Labute approximate surface area is 245 Å². The van der Waals surface area contributed by atoms with Gasteiger partial charge in [-0.2, -0.15) is 13.2 Å². The molecule has 1 unspecified atom stereocenters. The summed E-state index contributed by atoms with van der Waals surface area (Å²) in [5.41, 5.74) is 2.95. The van der Waals surface area contributed by atoms with E-state index in [0.717, 1.165) is 55.5 Å². The van der Waals surface area contributed by atoms with Crippen molar-refractivity contribution in [2.45, 2.75) is 74.6 Å². The molecule has 10 heteroatoms. The first-order chi connectivity index (χ1) is 20.0. The number of hydrogen-bond acceptors (Lipinski definition) is 4. The lowest BCUT2D eigenvalue weighted by Crippen LogP contribution is -2.36. The molecule has 2 aliphatic carbocycles. The Hall–Kier alpha value is -3.21. The van der Waals surface area contributed by atoms with Gasteiger partial charge >= 0.3 is 6.18 Å². The highest BCUT2D eigenvalue weighted by Gasteiger charge is 2.33. The molecule has 0 spiro atoms. The summed E-state index contributed by atoms with van der Waals surface area (Å²) in [5.74, 6) is 0.441. The maximum absolute atomic E-state index is 13.3. The van der Waals surface area contributed by atoms with Gasteiger partial charge in [0, 0.05) is 12.5 Å². The Bertz CT molecular complexity index is 1510. The topological polar surface area (TPSA) is 87.3 Å². The quantitative estimate of drug-likeness (QED) is 0.239. The van der Waals surface area contributed by atoms with Crippen LogP contribution in [0.5, 0.6) is 0 Å².